The minimum Gasteiger partial charge on any atom is -0.336 e. The maximum Gasteiger partial charge on any atom is 0.0946 e. The van der Waals surface area contributed by atoms with E-state index in [1.54, 1.807) is 6.20 Å². The zero-order chi connectivity index (χ0) is 10.2. The number of nitrogens with two attached hydrogens (primary N) is 2. The van der Waals surface area contributed by atoms with Crippen molar-refractivity contribution in [2.24, 2.45) is 11.5 Å². The number of aromatic nitrogens is 2. The molecule has 5 nitrogen and oxygen atoms in total. The molecule has 0 unspecified atom stereocenters. The maximum atomic E-state index is 5.51. The van der Waals surface area contributed by atoms with E-state index in [-0.39, 0.29) is 0 Å². The molecule has 0 aromatic carbocycles. The zero-order valence-electron chi connectivity index (χ0n) is 8.47. The monoisotopic (exact) mass is 197 g/mol. The summed E-state index contributed by atoms with van der Waals surface area (Å²) in [5, 5.41) is 0. The summed E-state index contributed by atoms with van der Waals surface area (Å²) in [6.07, 6.45) is 5.57. The normalized spacial score (nSPS) is 11.1. The van der Waals surface area contributed by atoms with Gasteiger partial charge in [0.05, 0.1) is 6.33 Å². The van der Waals surface area contributed by atoms with Crippen LogP contribution in [0.5, 0.6) is 0 Å². The Morgan fingerprint density at radius 3 is 2.36 bits per heavy atom. The van der Waals surface area contributed by atoms with Crippen LogP contribution in [0.3, 0.4) is 0 Å². The third kappa shape index (κ3) is 3.87. The summed E-state index contributed by atoms with van der Waals surface area (Å²) in [5.74, 6) is 0. The van der Waals surface area contributed by atoms with Crippen LogP contribution >= 0.6 is 0 Å². The van der Waals surface area contributed by atoms with Gasteiger partial charge in [-0.3, -0.25) is 4.90 Å². The van der Waals surface area contributed by atoms with Crippen molar-refractivity contribution in [2.45, 2.75) is 6.54 Å². The molecule has 0 aliphatic rings. The van der Waals surface area contributed by atoms with E-state index in [2.05, 4.69) is 14.5 Å². The van der Waals surface area contributed by atoms with Crippen LogP contribution in [0.4, 0.5) is 0 Å². The van der Waals surface area contributed by atoms with Crippen LogP contribution in [-0.2, 0) is 6.54 Å². The molecule has 4 N–H and O–H groups in total. The van der Waals surface area contributed by atoms with Gasteiger partial charge in [0, 0.05) is 51.7 Å². The molecule has 1 heterocycles. The summed E-state index contributed by atoms with van der Waals surface area (Å²) in [7, 11) is 0. The summed E-state index contributed by atoms with van der Waals surface area (Å²) >= 11 is 0. The van der Waals surface area contributed by atoms with Crippen LogP contribution < -0.4 is 11.5 Å². The van der Waals surface area contributed by atoms with Gasteiger partial charge in [0.2, 0.25) is 0 Å². The van der Waals surface area contributed by atoms with Gasteiger partial charge in [-0.2, -0.15) is 0 Å². The second-order valence-electron chi connectivity index (χ2n) is 3.22. The van der Waals surface area contributed by atoms with Gasteiger partial charge in [-0.25, -0.2) is 4.98 Å². The van der Waals surface area contributed by atoms with E-state index in [1.165, 1.54) is 0 Å². The third-order valence-electron chi connectivity index (χ3n) is 2.12. The number of hydrogen-bond acceptors (Lipinski definition) is 4. The number of hydrogen-bond donors (Lipinski definition) is 2. The van der Waals surface area contributed by atoms with Gasteiger partial charge in [0.25, 0.3) is 0 Å². The van der Waals surface area contributed by atoms with E-state index < -0.39 is 0 Å². The standard InChI is InChI=1S/C9H19N5/c10-1-4-13(5-2-11)7-8-14-6-3-12-9-14/h3,6,9H,1-2,4-5,7-8,10-11H2. The first-order valence-corrected chi connectivity index (χ1v) is 4.95. The van der Waals surface area contributed by atoms with Crippen molar-refractivity contribution in [1.82, 2.24) is 14.5 Å². The minimum atomic E-state index is 0.684. The van der Waals surface area contributed by atoms with Gasteiger partial charge in [-0.1, -0.05) is 0 Å². The lowest BCUT2D eigenvalue weighted by atomic mass is 10.4. The van der Waals surface area contributed by atoms with E-state index in [9.17, 15) is 0 Å². The molecule has 0 bridgehead atoms. The Morgan fingerprint density at radius 1 is 1.14 bits per heavy atom. The SMILES string of the molecule is NCCN(CCN)CCn1ccnc1. The summed E-state index contributed by atoms with van der Waals surface area (Å²) in [5.41, 5.74) is 11.0. The lowest BCUT2D eigenvalue weighted by molar-refractivity contribution is 0.277. The number of rotatable bonds is 7. The molecule has 0 aliphatic carbocycles. The fourth-order valence-corrected chi connectivity index (χ4v) is 1.38. The molecule has 0 saturated heterocycles. The van der Waals surface area contributed by atoms with Crippen molar-refractivity contribution in [1.29, 1.82) is 0 Å². The topological polar surface area (TPSA) is 73.1 Å². The first kappa shape index (κ1) is 11.2. The van der Waals surface area contributed by atoms with Crippen LogP contribution in [-0.4, -0.2) is 47.2 Å². The average Bonchev–Trinajstić information content (AvgIpc) is 2.67. The van der Waals surface area contributed by atoms with Crippen LogP contribution in [0.25, 0.3) is 0 Å². The van der Waals surface area contributed by atoms with Gasteiger partial charge in [0.1, 0.15) is 0 Å². The minimum absolute atomic E-state index is 0.684. The fraction of sp³-hybridized carbons (Fsp3) is 0.667. The summed E-state index contributed by atoms with van der Waals surface area (Å²) in [6.45, 7) is 5.11. The Hall–Kier alpha value is -0.910. The molecular formula is C9H19N5. The maximum absolute atomic E-state index is 5.51. The number of imidazole rings is 1. The molecule has 1 aromatic rings. The molecule has 0 aliphatic heterocycles. The van der Waals surface area contributed by atoms with E-state index >= 15 is 0 Å². The Kier molecular flexibility index (Phi) is 5.21. The van der Waals surface area contributed by atoms with Gasteiger partial charge >= 0.3 is 0 Å². The average molecular weight is 197 g/mol. The first-order valence-electron chi connectivity index (χ1n) is 4.95. The van der Waals surface area contributed by atoms with E-state index in [4.69, 9.17) is 11.5 Å². The lowest BCUT2D eigenvalue weighted by Gasteiger charge is -2.20. The van der Waals surface area contributed by atoms with E-state index in [0.29, 0.717) is 13.1 Å². The molecule has 1 aromatic heterocycles. The molecule has 0 saturated carbocycles. The molecule has 5 heteroatoms. The fourth-order valence-electron chi connectivity index (χ4n) is 1.38. The third-order valence-corrected chi connectivity index (χ3v) is 2.12. The van der Waals surface area contributed by atoms with Crippen LogP contribution in [0.1, 0.15) is 0 Å². The highest BCUT2D eigenvalue weighted by Gasteiger charge is 2.01. The molecule has 0 amide bonds. The number of nitrogens with zero attached hydrogens (tertiary/aromatic N) is 3. The Morgan fingerprint density at radius 2 is 1.86 bits per heavy atom. The lowest BCUT2D eigenvalue weighted by Crippen LogP contribution is -2.36. The van der Waals surface area contributed by atoms with E-state index in [1.807, 2.05) is 12.5 Å². The van der Waals surface area contributed by atoms with Crippen LogP contribution in [0, 0.1) is 0 Å². The smallest absolute Gasteiger partial charge is 0.0946 e. The highest BCUT2D eigenvalue weighted by Crippen LogP contribution is 1.90. The van der Waals surface area contributed by atoms with Crippen LogP contribution in [0.2, 0.25) is 0 Å². The van der Waals surface area contributed by atoms with E-state index in [0.717, 1.165) is 26.2 Å². The Bertz CT molecular complexity index is 215. The highest BCUT2D eigenvalue weighted by atomic mass is 15.2. The quantitative estimate of drug-likeness (QED) is 0.594. The largest absolute Gasteiger partial charge is 0.336 e. The van der Waals surface area contributed by atoms with Crippen LogP contribution in [0.15, 0.2) is 18.7 Å². The Labute approximate surface area is 84.7 Å². The molecule has 80 valence electrons. The second kappa shape index (κ2) is 6.53. The molecule has 0 radical (unpaired) electrons. The van der Waals surface area contributed by atoms with Crippen molar-refractivity contribution in [3.63, 3.8) is 0 Å². The highest BCUT2D eigenvalue weighted by molar-refractivity contribution is 4.74. The van der Waals surface area contributed by atoms with Crippen molar-refractivity contribution in [3.05, 3.63) is 18.7 Å². The molecular weight excluding hydrogens is 178 g/mol. The summed E-state index contributed by atoms with van der Waals surface area (Å²) in [4.78, 5) is 6.25. The van der Waals surface area contributed by atoms with Crippen molar-refractivity contribution < 1.29 is 0 Å². The molecule has 0 fully saturated rings. The zero-order valence-corrected chi connectivity index (χ0v) is 8.47. The Balaban J connectivity index is 2.25. The van der Waals surface area contributed by atoms with Gasteiger partial charge in [-0.05, 0) is 0 Å². The molecule has 0 atom stereocenters. The van der Waals surface area contributed by atoms with Crippen molar-refractivity contribution in [2.75, 3.05) is 32.7 Å². The summed E-state index contributed by atoms with van der Waals surface area (Å²) in [6, 6.07) is 0. The predicted octanol–water partition coefficient (Wildman–Crippen LogP) is -0.897. The summed E-state index contributed by atoms with van der Waals surface area (Å²) < 4.78 is 2.06. The second-order valence-corrected chi connectivity index (χ2v) is 3.22. The predicted molar refractivity (Wildman–Crippen MR) is 56.8 cm³/mol. The van der Waals surface area contributed by atoms with Gasteiger partial charge < -0.3 is 16.0 Å². The molecule has 14 heavy (non-hydrogen) atoms. The molecule has 0 spiro atoms. The molecule has 1 rings (SSSR count). The van der Waals surface area contributed by atoms with Crippen molar-refractivity contribution in [3.8, 4) is 0 Å². The van der Waals surface area contributed by atoms with Crippen molar-refractivity contribution >= 4 is 0 Å². The van der Waals surface area contributed by atoms with Gasteiger partial charge in [-0.15, -0.1) is 0 Å². The van der Waals surface area contributed by atoms with Gasteiger partial charge in [0.15, 0.2) is 0 Å². The first-order chi connectivity index (χ1) is 6.86.